The van der Waals surface area contributed by atoms with E-state index >= 15 is 0 Å². The Kier molecular flexibility index (Phi) is 7.41. The number of aliphatic hydroxyl groups excluding tert-OH is 1. The van der Waals surface area contributed by atoms with E-state index in [9.17, 15) is 9.59 Å². The van der Waals surface area contributed by atoms with E-state index in [0.29, 0.717) is 11.9 Å². The van der Waals surface area contributed by atoms with Crippen LogP contribution >= 0.6 is 15.9 Å². The second-order valence-electron chi connectivity index (χ2n) is 2.59. The first-order chi connectivity index (χ1) is 6.60. The summed E-state index contributed by atoms with van der Waals surface area (Å²) in [5.74, 6) is -0.848. The summed E-state index contributed by atoms with van der Waals surface area (Å²) >= 11 is 3.03. The van der Waals surface area contributed by atoms with Gasteiger partial charge in [0.1, 0.15) is 6.54 Å². The number of aliphatic hydroxyl groups is 1. The monoisotopic (exact) mass is 267 g/mol. The Morgan fingerprint density at radius 3 is 2.71 bits per heavy atom. The predicted octanol–water partition coefficient (Wildman–Crippen LogP) is -0.188. The number of nitrogens with one attached hydrogen (secondary N) is 1. The van der Waals surface area contributed by atoms with E-state index in [4.69, 9.17) is 5.11 Å². The van der Waals surface area contributed by atoms with Crippen LogP contribution in [-0.4, -0.2) is 41.6 Å². The predicted molar refractivity (Wildman–Crippen MR) is 54.1 cm³/mol. The van der Waals surface area contributed by atoms with Gasteiger partial charge in [0.2, 0.25) is 5.91 Å². The topological polar surface area (TPSA) is 75.6 Å². The number of ether oxygens (including phenoxy) is 1. The molecule has 14 heavy (non-hydrogen) atoms. The van der Waals surface area contributed by atoms with Crippen LogP contribution < -0.4 is 5.32 Å². The fraction of sp³-hybridized carbons (Fsp3) is 0.750. The fourth-order valence-corrected chi connectivity index (χ4v) is 0.952. The summed E-state index contributed by atoms with van der Waals surface area (Å²) in [4.78, 5) is 21.8. The van der Waals surface area contributed by atoms with E-state index in [1.165, 1.54) is 0 Å². The van der Waals surface area contributed by atoms with Gasteiger partial charge in [-0.1, -0.05) is 15.9 Å². The lowest BCUT2D eigenvalue weighted by Crippen LogP contribution is -2.33. The molecule has 0 saturated heterocycles. The Balaban J connectivity index is 3.58. The van der Waals surface area contributed by atoms with Crippen molar-refractivity contribution < 1.29 is 19.4 Å². The Hall–Kier alpha value is -0.620. The number of hydrogen-bond donors (Lipinski definition) is 2. The lowest BCUT2D eigenvalue weighted by Gasteiger charge is -2.07. The largest absolute Gasteiger partial charge is 0.465 e. The molecule has 0 fully saturated rings. The summed E-state index contributed by atoms with van der Waals surface area (Å²) in [7, 11) is 0. The number of alkyl halides is 1. The minimum atomic E-state index is -0.725. The molecular weight excluding hydrogens is 254 g/mol. The van der Waals surface area contributed by atoms with Crippen molar-refractivity contribution in [2.45, 2.75) is 19.4 Å². The Morgan fingerprint density at radius 2 is 2.21 bits per heavy atom. The molecule has 0 heterocycles. The summed E-state index contributed by atoms with van der Waals surface area (Å²) in [5.41, 5.74) is 0. The van der Waals surface area contributed by atoms with Gasteiger partial charge < -0.3 is 15.2 Å². The molecule has 0 aromatic rings. The van der Waals surface area contributed by atoms with Crippen molar-refractivity contribution in [2.24, 2.45) is 0 Å². The van der Waals surface area contributed by atoms with Crippen LogP contribution in [0.4, 0.5) is 0 Å². The zero-order valence-electron chi connectivity index (χ0n) is 7.96. The highest BCUT2D eigenvalue weighted by molar-refractivity contribution is 9.09. The molecule has 1 atom stereocenters. The molecule has 0 aliphatic rings. The molecule has 1 unspecified atom stereocenters. The van der Waals surface area contributed by atoms with Crippen molar-refractivity contribution in [3.05, 3.63) is 0 Å². The average Bonchev–Trinajstić information content (AvgIpc) is 2.15. The molecule has 0 aromatic heterocycles. The fourth-order valence-electron chi connectivity index (χ4n) is 0.724. The van der Waals surface area contributed by atoms with Crippen LogP contribution in [0.5, 0.6) is 0 Å². The number of hydrogen-bond acceptors (Lipinski definition) is 4. The first kappa shape index (κ1) is 13.4. The second kappa shape index (κ2) is 7.75. The molecule has 5 nitrogen and oxygen atoms in total. The number of carbonyl (C=O) groups is 2. The smallest absolute Gasteiger partial charge is 0.325 e. The molecular formula is C8H14BrNO4. The zero-order chi connectivity index (χ0) is 11.0. The highest BCUT2D eigenvalue weighted by Gasteiger charge is 2.10. The van der Waals surface area contributed by atoms with Crippen molar-refractivity contribution in [2.75, 3.05) is 18.5 Å². The first-order valence-corrected chi connectivity index (χ1v) is 5.38. The zero-order valence-corrected chi connectivity index (χ0v) is 9.54. The van der Waals surface area contributed by atoms with Gasteiger partial charge in [-0.3, -0.25) is 9.59 Å². The van der Waals surface area contributed by atoms with E-state index in [-0.39, 0.29) is 18.9 Å². The molecule has 82 valence electrons. The summed E-state index contributed by atoms with van der Waals surface area (Å²) in [6.45, 7) is 1.83. The van der Waals surface area contributed by atoms with Crippen LogP contribution in [0.2, 0.25) is 0 Å². The molecule has 1 amide bonds. The van der Waals surface area contributed by atoms with Gasteiger partial charge in [-0.25, -0.2) is 0 Å². The van der Waals surface area contributed by atoms with Gasteiger partial charge in [0.15, 0.2) is 0 Å². The van der Waals surface area contributed by atoms with Gasteiger partial charge in [-0.2, -0.15) is 0 Å². The van der Waals surface area contributed by atoms with Crippen molar-refractivity contribution in [1.82, 2.24) is 5.32 Å². The normalized spacial score (nSPS) is 11.9. The molecule has 0 aliphatic heterocycles. The van der Waals surface area contributed by atoms with Crippen molar-refractivity contribution in [3.8, 4) is 0 Å². The van der Waals surface area contributed by atoms with Gasteiger partial charge in [0.25, 0.3) is 0 Å². The standard InChI is InChI=1S/C8H14BrNO4/c1-2-14-8(13)5-10-7(12)3-6(11)4-9/h6,11H,2-5H2,1H3,(H,10,12). The van der Waals surface area contributed by atoms with Crippen LogP contribution in [0.25, 0.3) is 0 Å². The summed E-state index contributed by atoms with van der Waals surface area (Å²) in [6.07, 6.45) is -0.748. The molecule has 0 radical (unpaired) electrons. The minimum Gasteiger partial charge on any atom is -0.465 e. The number of rotatable bonds is 6. The van der Waals surface area contributed by atoms with Crippen LogP contribution in [0.1, 0.15) is 13.3 Å². The first-order valence-electron chi connectivity index (χ1n) is 4.26. The number of amides is 1. The molecule has 2 N–H and O–H groups in total. The number of esters is 1. The van der Waals surface area contributed by atoms with E-state index in [0.717, 1.165) is 0 Å². The average molecular weight is 268 g/mol. The van der Waals surface area contributed by atoms with Crippen molar-refractivity contribution in [3.63, 3.8) is 0 Å². The van der Waals surface area contributed by atoms with E-state index in [1.807, 2.05) is 0 Å². The van der Waals surface area contributed by atoms with Gasteiger partial charge in [0, 0.05) is 5.33 Å². The SMILES string of the molecule is CCOC(=O)CNC(=O)CC(O)CBr. The summed E-state index contributed by atoms with van der Waals surface area (Å²) in [5, 5.41) is 11.7. The van der Waals surface area contributed by atoms with Crippen LogP contribution in [0.15, 0.2) is 0 Å². The molecule has 6 heteroatoms. The van der Waals surface area contributed by atoms with Crippen molar-refractivity contribution >= 4 is 27.8 Å². The van der Waals surface area contributed by atoms with Gasteiger partial charge in [-0.15, -0.1) is 0 Å². The highest BCUT2D eigenvalue weighted by Crippen LogP contribution is 1.95. The molecule has 0 aliphatic carbocycles. The van der Waals surface area contributed by atoms with Gasteiger partial charge >= 0.3 is 5.97 Å². The van der Waals surface area contributed by atoms with Gasteiger partial charge in [0.05, 0.1) is 19.1 Å². The maximum absolute atomic E-state index is 11.0. The third-order valence-electron chi connectivity index (χ3n) is 1.33. The molecule has 0 saturated carbocycles. The molecule has 0 aromatic carbocycles. The van der Waals surface area contributed by atoms with Crippen LogP contribution in [-0.2, 0) is 14.3 Å². The summed E-state index contributed by atoms with van der Waals surface area (Å²) < 4.78 is 4.60. The molecule has 0 spiro atoms. The maximum atomic E-state index is 11.0. The quantitative estimate of drug-likeness (QED) is 0.517. The third-order valence-corrected chi connectivity index (χ3v) is 2.08. The minimum absolute atomic E-state index is 0.0232. The van der Waals surface area contributed by atoms with Crippen LogP contribution in [0.3, 0.4) is 0 Å². The second-order valence-corrected chi connectivity index (χ2v) is 3.24. The highest BCUT2D eigenvalue weighted by atomic mass is 79.9. The van der Waals surface area contributed by atoms with E-state index in [1.54, 1.807) is 6.92 Å². The Morgan fingerprint density at radius 1 is 1.57 bits per heavy atom. The molecule has 0 rings (SSSR count). The van der Waals surface area contributed by atoms with Crippen LogP contribution in [0, 0.1) is 0 Å². The third kappa shape index (κ3) is 6.85. The van der Waals surface area contributed by atoms with Gasteiger partial charge in [-0.05, 0) is 6.92 Å². The van der Waals surface area contributed by atoms with E-state index < -0.39 is 12.1 Å². The Bertz CT molecular complexity index is 198. The van der Waals surface area contributed by atoms with E-state index in [2.05, 4.69) is 26.0 Å². The number of halogens is 1. The maximum Gasteiger partial charge on any atom is 0.325 e. The Labute approximate surface area is 90.9 Å². The number of carbonyl (C=O) groups excluding carboxylic acids is 2. The lowest BCUT2D eigenvalue weighted by molar-refractivity contribution is -0.143. The van der Waals surface area contributed by atoms with Crippen molar-refractivity contribution in [1.29, 1.82) is 0 Å². The lowest BCUT2D eigenvalue weighted by atomic mass is 10.3. The molecule has 0 bridgehead atoms. The summed E-state index contributed by atoms with van der Waals surface area (Å²) in [6, 6.07) is 0.